The molecule has 6 heteroatoms. The molecule has 74 heavy (non-hydrogen) atoms. The van der Waals surface area contributed by atoms with Gasteiger partial charge in [-0.2, -0.15) is 0 Å². The minimum Gasteiger partial charge on any atom is -0.466 e. The Morgan fingerprint density at radius 1 is 0.378 bits per heavy atom. The molecule has 2 atom stereocenters. The van der Waals surface area contributed by atoms with Crippen LogP contribution in [0.4, 0.5) is 0 Å². The van der Waals surface area contributed by atoms with Crippen molar-refractivity contribution in [3.8, 4) is 0 Å². The van der Waals surface area contributed by atoms with Gasteiger partial charge in [-0.15, -0.1) is 0 Å². The Labute approximate surface area is 462 Å². The Balaban J connectivity index is 3.40. The second-order valence-electron chi connectivity index (χ2n) is 23.2. The third-order valence-corrected chi connectivity index (χ3v) is 15.7. The van der Waals surface area contributed by atoms with Crippen molar-refractivity contribution in [1.82, 2.24) is 5.32 Å². The van der Waals surface area contributed by atoms with Crippen molar-refractivity contribution in [2.45, 2.75) is 386 Å². The van der Waals surface area contributed by atoms with Gasteiger partial charge in [-0.25, -0.2) is 0 Å². The van der Waals surface area contributed by atoms with Crippen LogP contribution in [0.2, 0.25) is 0 Å². The number of allylic oxidation sites excluding steroid dienone is 4. The number of ether oxygens (including phenoxy) is 1. The minimum atomic E-state index is -0.668. The standard InChI is InChI=1S/C68H131NO5/c1-3-5-7-9-11-13-15-17-18-19-20-21-22-23-24-25-27-30-33-37-40-44-48-52-56-60-66(71)65(64-70)69-67(72)61-57-53-49-45-41-38-34-31-28-26-29-32-35-39-43-47-51-55-59-63-74-68(73)62-58-54-50-46-42-36-16-14-12-10-8-6-4-2/h8,10,14,16,65-66,70-71H,3-7,9,11-13,15,17-64H2,1-2H3,(H,69,72)/b10-8-,16-14-. The van der Waals surface area contributed by atoms with E-state index in [1.54, 1.807) is 0 Å². The number of amides is 1. The highest BCUT2D eigenvalue weighted by molar-refractivity contribution is 5.76. The molecule has 438 valence electrons. The summed E-state index contributed by atoms with van der Waals surface area (Å²) in [5.74, 6) is -0.0391. The summed E-state index contributed by atoms with van der Waals surface area (Å²) in [6.45, 7) is 4.91. The average molecular weight is 1040 g/mol. The average Bonchev–Trinajstić information content (AvgIpc) is 3.40. The number of carbonyl (C=O) groups excluding carboxylic acids is 2. The van der Waals surface area contributed by atoms with Crippen LogP contribution in [-0.4, -0.2) is 47.4 Å². The fourth-order valence-electron chi connectivity index (χ4n) is 10.6. The van der Waals surface area contributed by atoms with Gasteiger partial charge in [0, 0.05) is 12.8 Å². The van der Waals surface area contributed by atoms with Crippen LogP contribution >= 0.6 is 0 Å². The first-order chi connectivity index (χ1) is 36.5. The van der Waals surface area contributed by atoms with E-state index >= 15 is 0 Å². The molecule has 3 N–H and O–H groups in total. The molecule has 0 saturated heterocycles. The molecule has 0 aliphatic heterocycles. The van der Waals surface area contributed by atoms with Crippen LogP contribution < -0.4 is 5.32 Å². The normalized spacial score (nSPS) is 12.6. The van der Waals surface area contributed by atoms with Gasteiger partial charge in [-0.05, 0) is 51.4 Å². The first-order valence-electron chi connectivity index (χ1n) is 33.6. The molecule has 0 fully saturated rings. The molecular formula is C68H131NO5. The number of hydrogen-bond donors (Lipinski definition) is 3. The molecule has 2 unspecified atom stereocenters. The third-order valence-electron chi connectivity index (χ3n) is 15.7. The Hall–Kier alpha value is -1.66. The van der Waals surface area contributed by atoms with Crippen LogP contribution in [0.1, 0.15) is 373 Å². The van der Waals surface area contributed by atoms with E-state index in [0.717, 1.165) is 51.4 Å². The van der Waals surface area contributed by atoms with Gasteiger partial charge in [-0.1, -0.05) is 334 Å². The number of unbranched alkanes of at least 4 members (excludes halogenated alkanes) is 48. The first-order valence-corrected chi connectivity index (χ1v) is 33.6. The highest BCUT2D eigenvalue weighted by Gasteiger charge is 2.20. The molecule has 0 saturated carbocycles. The lowest BCUT2D eigenvalue weighted by Crippen LogP contribution is -2.45. The van der Waals surface area contributed by atoms with Crippen molar-refractivity contribution in [1.29, 1.82) is 0 Å². The van der Waals surface area contributed by atoms with E-state index in [4.69, 9.17) is 4.74 Å². The molecule has 0 rings (SSSR count). The maximum Gasteiger partial charge on any atom is 0.305 e. The second-order valence-corrected chi connectivity index (χ2v) is 23.2. The lowest BCUT2D eigenvalue weighted by molar-refractivity contribution is -0.143. The number of nitrogens with one attached hydrogen (secondary N) is 1. The summed E-state index contributed by atoms with van der Waals surface area (Å²) >= 11 is 0. The van der Waals surface area contributed by atoms with Crippen molar-refractivity contribution in [2.24, 2.45) is 0 Å². The number of aliphatic hydroxyl groups is 2. The molecule has 0 spiro atoms. The molecule has 0 heterocycles. The van der Waals surface area contributed by atoms with Gasteiger partial charge in [-0.3, -0.25) is 9.59 Å². The minimum absolute atomic E-state index is 0.00535. The zero-order chi connectivity index (χ0) is 53.6. The Kier molecular flexibility index (Phi) is 62.4. The summed E-state index contributed by atoms with van der Waals surface area (Å²) in [5.41, 5.74) is 0. The molecule has 0 aliphatic rings. The van der Waals surface area contributed by atoms with Crippen LogP contribution in [0.25, 0.3) is 0 Å². The van der Waals surface area contributed by atoms with Crippen molar-refractivity contribution in [3.63, 3.8) is 0 Å². The van der Waals surface area contributed by atoms with Gasteiger partial charge in [0.25, 0.3) is 0 Å². The molecule has 0 aromatic heterocycles. The van der Waals surface area contributed by atoms with E-state index in [9.17, 15) is 19.8 Å². The quantitative estimate of drug-likeness (QED) is 0.0320. The smallest absolute Gasteiger partial charge is 0.305 e. The van der Waals surface area contributed by atoms with Crippen molar-refractivity contribution >= 4 is 11.9 Å². The third kappa shape index (κ3) is 59.6. The van der Waals surface area contributed by atoms with E-state index in [1.807, 2.05) is 0 Å². The summed E-state index contributed by atoms with van der Waals surface area (Å²) in [5, 5.41) is 23.4. The fourth-order valence-corrected chi connectivity index (χ4v) is 10.6. The molecule has 0 aromatic rings. The molecule has 1 amide bonds. The lowest BCUT2D eigenvalue weighted by Gasteiger charge is -2.22. The highest BCUT2D eigenvalue weighted by Crippen LogP contribution is 2.19. The van der Waals surface area contributed by atoms with Gasteiger partial charge in [0.05, 0.1) is 25.4 Å². The van der Waals surface area contributed by atoms with E-state index in [2.05, 4.69) is 43.5 Å². The lowest BCUT2D eigenvalue weighted by atomic mass is 10.0. The predicted octanol–water partition coefficient (Wildman–Crippen LogP) is 21.4. The number of hydrogen-bond acceptors (Lipinski definition) is 5. The van der Waals surface area contributed by atoms with E-state index < -0.39 is 12.1 Å². The van der Waals surface area contributed by atoms with Gasteiger partial charge in [0.2, 0.25) is 5.91 Å². The van der Waals surface area contributed by atoms with Gasteiger partial charge >= 0.3 is 5.97 Å². The predicted molar refractivity (Wildman–Crippen MR) is 324 cm³/mol. The van der Waals surface area contributed by atoms with Crippen LogP contribution in [0, 0.1) is 0 Å². The maximum atomic E-state index is 12.5. The van der Waals surface area contributed by atoms with Crippen LogP contribution in [-0.2, 0) is 14.3 Å². The Morgan fingerprint density at radius 2 is 0.703 bits per heavy atom. The molecule has 0 aromatic carbocycles. The summed E-state index contributed by atoms with van der Waals surface area (Å²) < 4.78 is 5.47. The monoisotopic (exact) mass is 1040 g/mol. The largest absolute Gasteiger partial charge is 0.466 e. The number of rotatable bonds is 63. The van der Waals surface area contributed by atoms with Gasteiger partial charge < -0.3 is 20.3 Å². The van der Waals surface area contributed by atoms with E-state index in [-0.39, 0.29) is 18.5 Å². The summed E-state index contributed by atoms with van der Waals surface area (Å²) in [4.78, 5) is 24.6. The molecule has 0 aliphatic carbocycles. The topological polar surface area (TPSA) is 95.9 Å². The second kappa shape index (κ2) is 63.9. The molecule has 0 bridgehead atoms. The van der Waals surface area contributed by atoms with Gasteiger partial charge in [0.1, 0.15) is 0 Å². The van der Waals surface area contributed by atoms with Crippen molar-refractivity contribution in [2.75, 3.05) is 13.2 Å². The Morgan fingerprint density at radius 3 is 1.08 bits per heavy atom. The molecular weight excluding hydrogens is 911 g/mol. The van der Waals surface area contributed by atoms with Gasteiger partial charge in [0.15, 0.2) is 0 Å². The SMILES string of the molecule is CCC/C=C\C/C=C\CCCCCCCC(=O)OCCCCCCCCCCCCCCCCCCCCCC(=O)NC(CO)C(O)CCCCCCCCCCCCCCCCCCCCCCCCCCC. The number of esters is 1. The fraction of sp³-hybridized carbons (Fsp3) is 0.912. The summed E-state index contributed by atoms with van der Waals surface area (Å²) in [6, 6.07) is -0.545. The van der Waals surface area contributed by atoms with Crippen LogP contribution in [0.3, 0.4) is 0 Å². The van der Waals surface area contributed by atoms with Crippen LogP contribution in [0.5, 0.6) is 0 Å². The Bertz CT molecular complexity index is 1150. The van der Waals surface area contributed by atoms with E-state index in [0.29, 0.717) is 25.9 Å². The van der Waals surface area contributed by atoms with Crippen LogP contribution in [0.15, 0.2) is 24.3 Å². The zero-order valence-electron chi connectivity index (χ0n) is 50.1. The van der Waals surface area contributed by atoms with Crippen molar-refractivity contribution < 1.29 is 24.5 Å². The number of aliphatic hydroxyl groups excluding tert-OH is 2. The maximum absolute atomic E-state index is 12.5. The first kappa shape index (κ1) is 72.3. The molecule has 0 radical (unpaired) electrons. The highest BCUT2D eigenvalue weighted by atomic mass is 16.5. The van der Waals surface area contributed by atoms with E-state index in [1.165, 1.54) is 289 Å². The molecule has 6 nitrogen and oxygen atoms in total. The zero-order valence-corrected chi connectivity index (χ0v) is 50.1. The number of carbonyl (C=O) groups is 2. The van der Waals surface area contributed by atoms with Crippen molar-refractivity contribution in [3.05, 3.63) is 24.3 Å². The summed E-state index contributed by atoms with van der Waals surface area (Å²) in [7, 11) is 0. The summed E-state index contributed by atoms with van der Waals surface area (Å²) in [6.07, 6.45) is 79.2.